The number of aromatic nitrogens is 2. The Hall–Kier alpha value is -3.17. The van der Waals surface area contributed by atoms with Crippen LogP contribution in [0.15, 0.2) is 58.7 Å². The number of carbonyl (C=O) groups is 1. The summed E-state index contributed by atoms with van der Waals surface area (Å²) >= 11 is 6.92. The van der Waals surface area contributed by atoms with Gasteiger partial charge in [-0.15, -0.1) is 5.10 Å². The lowest BCUT2D eigenvalue weighted by Crippen LogP contribution is -2.29. The molecule has 0 aliphatic carbocycles. The average Bonchev–Trinajstić information content (AvgIpc) is 3.31. The van der Waals surface area contributed by atoms with E-state index >= 15 is 0 Å². The highest BCUT2D eigenvalue weighted by Crippen LogP contribution is 2.28. The van der Waals surface area contributed by atoms with Gasteiger partial charge in [-0.3, -0.25) is 14.3 Å². The molecular formula is C23H23N5O2S2. The quantitative estimate of drug-likeness (QED) is 0.326. The molecule has 1 N–H and O–H groups in total. The van der Waals surface area contributed by atoms with Gasteiger partial charge in [0.25, 0.3) is 0 Å². The molecule has 3 aromatic rings. The molecule has 7 nitrogen and oxygen atoms in total. The van der Waals surface area contributed by atoms with Crippen LogP contribution in [-0.2, 0) is 4.79 Å². The molecule has 1 fully saturated rings. The second-order valence-electron chi connectivity index (χ2n) is 7.36. The lowest BCUT2D eigenvalue weighted by Gasteiger charge is -2.15. The van der Waals surface area contributed by atoms with Gasteiger partial charge in [0.05, 0.1) is 30.0 Å². The molecule has 0 bridgehead atoms. The van der Waals surface area contributed by atoms with Crippen molar-refractivity contribution in [2.45, 2.75) is 20.8 Å². The first kappa shape index (κ1) is 22.0. The van der Waals surface area contributed by atoms with Gasteiger partial charge in [0, 0.05) is 11.4 Å². The Balaban J connectivity index is 1.70. The van der Waals surface area contributed by atoms with Crippen LogP contribution in [0.25, 0.3) is 5.69 Å². The zero-order chi connectivity index (χ0) is 22.8. The van der Waals surface area contributed by atoms with Crippen molar-refractivity contribution >= 4 is 46.5 Å². The number of hydrogen-bond acceptors (Lipinski definition) is 6. The van der Waals surface area contributed by atoms with Crippen molar-refractivity contribution in [3.05, 3.63) is 70.3 Å². The molecule has 1 aromatic heterocycles. The molecule has 1 amide bonds. The summed E-state index contributed by atoms with van der Waals surface area (Å²) in [6.45, 7) is 5.89. The Morgan fingerprint density at radius 1 is 1.09 bits per heavy atom. The third-order valence-corrected chi connectivity index (χ3v) is 6.29. The molecule has 9 heteroatoms. The zero-order valence-electron chi connectivity index (χ0n) is 18.2. The second kappa shape index (κ2) is 9.13. The molecule has 1 aliphatic rings. The van der Waals surface area contributed by atoms with Crippen LogP contribution in [0.3, 0.4) is 0 Å². The van der Waals surface area contributed by atoms with Gasteiger partial charge in [-0.25, -0.2) is 0 Å². The number of amides is 1. The molecule has 164 valence electrons. The number of aryl methyl sites for hydroxylation is 2. The first-order valence-electron chi connectivity index (χ1n) is 10.00. The zero-order valence-corrected chi connectivity index (χ0v) is 19.9. The van der Waals surface area contributed by atoms with Gasteiger partial charge < -0.3 is 9.72 Å². The van der Waals surface area contributed by atoms with E-state index in [1.54, 1.807) is 12.0 Å². The SMILES string of the molecule is COc1ccc(N2C(=O)CS/C2=N\N=C(/C)c2c(C)[nH]c(=S)n2-c2ccc(C)cc2)cc1. The topological polar surface area (TPSA) is 75.0 Å². The van der Waals surface area contributed by atoms with E-state index in [2.05, 4.69) is 15.2 Å². The smallest absolute Gasteiger partial charge is 0.243 e. The third-order valence-electron chi connectivity index (χ3n) is 5.09. The number of methoxy groups -OCH3 is 1. The Kier molecular flexibility index (Phi) is 6.29. The van der Waals surface area contributed by atoms with Gasteiger partial charge in [0.15, 0.2) is 9.94 Å². The van der Waals surface area contributed by atoms with E-state index in [0.29, 0.717) is 21.4 Å². The Morgan fingerprint density at radius 3 is 2.41 bits per heavy atom. The molecule has 0 radical (unpaired) electrons. The number of thioether (sulfide) groups is 1. The van der Waals surface area contributed by atoms with Crippen molar-refractivity contribution in [2.24, 2.45) is 10.2 Å². The second-order valence-corrected chi connectivity index (χ2v) is 8.69. The van der Waals surface area contributed by atoms with Crippen LogP contribution in [-0.4, -0.2) is 39.2 Å². The summed E-state index contributed by atoms with van der Waals surface area (Å²) in [6.07, 6.45) is 0. The third kappa shape index (κ3) is 4.26. The number of hydrogen-bond donors (Lipinski definition) is 1. The highest BCUT2D eigenvalue weighted by Gasteiger charge is 2.30. The molecule has 2 heterocycles. The molecular weight excluding hydrogens is 442 g/mol. The molecule has 2 aromatic carbocycles. The lowest BCUT2D eigenvalue weighted by atomic mass is 10.2. The van der Waals surface area contributed by atoms with Crippen LogP contribution in [0, 0.1) is 18.6 Å². The fourth-order valence-corrected chi connectivity index (χ4v) is 4.67. The summed E-state index contributed by atoms with van der Waals surface area (Å²) in [5.74, 6) is 1.01. The van der Waals surface area contributed by atoms with Gasteiger partial charge in [-0.1, -0.05) is 29.5 Å². The Bertz CT molecular complexity index is 1270. The molecule has 1 aliphatic heterocycles. The summed E-state index contributed by atoms with van der Waals surface area (Å²) in [5, 5.41) is 9.44. The molecule has 1 saturated heterocycles. The summed E-state index contributed by atoms with van der Waals surface area (Å²) in [5.41, 5.74) is 5.30. The fraction of sp³-hybridized carbons (Fsp3) is 0.217. The number of nitrogens with zero attached hydrogens (tertiary/aromatic N) is 4. The molecule has 0 atom stereocenters. The largest absolute Gasteiger partial charge is 0.497 e. The monoisotopic (exact) mass is 465 g/mol. The predicted octanol–water partition coefficient (Wildman–Crippen LogP) is 5.02. The minimum atomic E-state index is -0.0350. The number of aromatic amines is 1. The summed E-state index contributed by atoms with van der Waals surface area (Å²) in [4.78, 5) is 17.3. The van der Waals surface area contributed by atoms with Gasteiger partial charge in [0.1, 0.15) is 5.75 Å². The van der Waals surface area contributed by atoms with Gasteiger partial charge in [-0.2, -0.15) is 5.10 Å². The van der Waals surface area contributed by atoms with Gasteiger partial charge in [0.2, 0.25) is 5.91 Å². The first-order chi connectivity index (χ1) is 15.4. The summed E-state index contributed by atoms with van der Waals surface area (Å²) in [6, 6.07) is 15.4. The Morgan fingerprint density at radius 2 is 1.75 bits per heavy atom. The van der Waals surface area contributed by atoms with E-state index in [1.807, 2.05) is 73.9 Å². The van der Waals surface area contributed by atoms with E-state index < -0.39 is 0 Å². The maximum atomic E-state index is 12.5. The highest BCUT2D eigenvalue weighted by atomic mass is 32.2. The maximum Gasteiger partial charge on any atom is 0.243 e. The lowest BCUT2D eigenvalue weighted by molar-refractivity contribution is -0.115. The van der Waals surface area contributed by atoms with Crippen molar-refractivity contribution in [2.75, 3.05) is 17.8 Å². The highest BCUT2D eigenvalue weighted by molar-refractivity contribution is 8.15. The molecule has 4 rings (SSSR count). The van der Waals surface area contributed by atoms with Crippen LogP contribution >= 0.6 is 24.0 Å². The standard InChI is InChI=1S/C23H23N5O2S2/c1-14-5-7-18(8-6-14)28-21(15(2)24-22(28)31)16(3)25-26-23-27(20(29)13-32-23)17-9-11-19(30-4)12-10-17/h5-12H,13H2,1-4H3,(H,24,31)/b25-16+,26-23-. The molecule has 0 spiro atoms. The van der Waals surface area contributed by atoms with Gasteiger partial charge in [-0.05, 0) is 69.4 Å². The van der Waals surface area contributed by atoms with Crippen molar-refractivity contribution < 1.29 is 9.53 Å². The predicted molar refractivity (Wildman–Crippen MR) is 133 cm³/mol. The van der Waals surface area contributed by atoms with Crippen molar-refractivity contribution in [1.82, 2.24) is 9.55 Å². The normalized spacial score (nSPS) is 15.6. The summed E-state index contributed by atoms with van der Waals surface area (Å²) in [7, 11) is 1.61. The van der Waals surface area contributed by atoms with Crippen LogP contribution in [0.2, 0.25) is 0 Å². The van der Waals surface area contributed by atoms with E-state index in [0.717, 1.165) is 28.5 Å². The number of rotatable bonds is 5. The molecule has 0 unspecified atom stereocenters. The number of amidine groups is 1. The minimum absolute atomic E-state index is 0.0350. The molecule has 0 saturated carbocycles. The van der Waals surface area contributed by atoms with Crippen molar-refractivity contribution in [3.8, 4) is 11.4 Å². The van der Waals surface area contributed by atoms with E-state index in [4.69, 9.17) is 17.0 Å². The number of imidazole rings is 1. The number of nitrogens with one attached hydrogen (secondary N) is 1. The fourth-order valence-electron chi connectivity index (χ4n) is 3.50. The number of benzene rings is 2. The number of anilines is 1. The van der Waals surface area contributed by atoms with Crippen molar-refractivity contribution in [1.29, 1.82) is 0 Å². The average molecular weight is 466 g/mol. The number of carbonyl (C=O) groups excluding carboxylic acids is 1. The number of ether oxygens (including phenoxy) is 1. The molecule has 32 heavy (non-hydrogen) atoms. The summed E-state index contributed by atoms with van der Waals surface area (Å²) < 4.78 is 7.75. The van der Waals surface area contributed by atoms with Gasteiger partial charge >= 0.3 is 0 Å². The van der Waals surface area contributed by atoms with Crippen LogP contribution in [0.1, 0.15) is 23.9 Å². The van der Waals surface area contributed by atoms with E-state index in [9.17, 15) is 4.79 Å². The number of H-pyrrole nitrogens is 1. The first-order valence-corrected chi connectivity index (χ1v) is 11.4. The minimum Gasteiger partial charge on any atom is -0.497 e. The van der Waals surface area contributed by atoms with E-state index in [-0.39, 0.29) is 5.91 Å². The van der Waals surface area contributed by atoms with Crippen molar-refractivity contribution in [3.63, 3.8) is 0 Å². The maximum absolute atomic E-state index is 12.5. The van der Waals surface area contributed by atoms with Crippen LogP contribution < -0.4 is 9.64 Å². The van der Waals surface area contributed by atoms with E-state index in [1.165, 1.54) is 17.3 Å². The van der Waals surface area contributed by atoms with Crippen LogP contribution in [0.5, 0.6) is 5.75 Å². The van der Waals surface area contributed by atoms with Crippen LogP contribution in [0.4, 0.5) is 5.69 Å². The Labute approximate surface area is 195 Å².